The van der Waals surface area contributed by atoms with E-state index >= 15 is 0 Å². The first-order chi connectivity index (χ1) is 17.3. The zero-order valence-corrected chi connectivity index (χ0v) is 20.5. The lowest BCUT2D eigenvalue weighted by molar-refractivity contribution is -0.125. The molecule has 0 saturated carbocycles. The van der Waals surface area contributed by atoms with Crippen molar-refractivity contribution in [1.82, 2.24) is 5.32 Å². The number of sulfonamides is 1. The van der Waals surface area contributed by atoms with E-state index in [1.54, 1.807) is 42.5 Å². The van der Waals surface area contributed by atoms with Crippen LogP contribution >= 0.6 is 0 Å². The van der Waals surface area contributed by atoms with Crippen molar-refractivity contribution in [2.24, 2.45) is 0 Å². The van der Waals surface area contributed by atoms with E-state index in [4.69, 9.17) is 14.2 Å². The number of rotatable bonds is 10. The third kappa shape index (κ3) is 8.01. The van der Waals surface area contributed by atoms with Crippen LogP contribution in [0.5, 0.6) is 11.5 Å². The van der Waals surface area contributed by atoms with Crippen molar-refractivity contribution in [3.05, 3.63) is 83.7 Å². The number of carbonyl (C=O) groups excluding carboxylic acids is 1. The standard InChI is InChI=1S/C26H25FN2O6S/c1-33-23-14-22(15-24(16-23)34-2)29-36(31,32)25-11-7-19(8-12-25)4-3-13-28-26(30)18-35-17-20-5-9-21(27)10-6-20/h5-12,14-16,29H,13,17-18H2,1-2H3,(H,28,30). The summed E-state index contributed by atoms with van der Waals surface area (Å²) in [4.78, 5) is 11.9. The number of halogens is 1. The van der Waals surface area contributed by atoms with Gasteiger partial charge in [-0.2, -0.15) is 0 Å². The van der Waals surface area contributed by atoms with Gasteiger partial charge in [-0.05, 0) is 42.0 Å². The minimum absolute atomic E-state index is 0.0569. The molecule has 0 aliphatic carbocycles. The van der Waals surface area contributed by atoms with Crippen LogP contribution in [0, 0.1) is 17.7 Å². The lowest BCUT2D eigenvalue weighted by atomic mass is 10.2. The van der Waals surface area contributed by atoms with E-state index in [2.05, 4.69) is 21.9 Å². The molecule has 0 aliphatic heterocycles. The second-order valence-corrected chi connectivity index (χ2v) is 9.11. The molecule has 0 spiro atoms. The van der Waals surface area contributed by atoms with Crippen LogP contribution in [0.4, 0.5) is 10.1 Å². The summed E-state index contributed by atoms with van der Waals surface area (Å²) in [6.45, 7) is 0.130. The van der Waals surface area contributed by atoms with E-state index in [0.29, 0.717) is 22.7 Å². The first-order valence-electron chi connectivity index (χ1n) is 10.7. The molecule has 3 aromatic carbocycles. The molecule has 3 aromatic rings. The van der Waals surface area contributed by atoms with Gasteiger partial charge in [0.15, 0.2) is 0 Å². The molecule has 1 amide bonds. The molecule has 188 valence electrons. The van der Waals surface area contributed by atoms with Crippen molar-refractivity contribution in [2.75, 3.05) is 32.1 Å². The molecule has 0 fully saturated rings. The van der Waals surface area contributed by atoms with Gasteiger partial charge in [-0.1, -0.05) is 24.0 Å². The summed E-state index contributed by atoms with van der Waals surface area (Å²) in [6, 6.07) is 16.6. The summed E-state index contributed by atoms with van der Waals surface area (Å²) < 4.78 is 56.5. The number of carbonyl (C=O) groups is 1. The predicted octanol–water partition coefficient (Wildman–Crippen LogP) is 3.33. The first kappa shape index (κ1) is 26.5. The molecule has 8 nitrogen and oxygen atoms in total. The van der Waals surface area contributed by atoms with E-state index in [1.165, 1.54) is 38.5 Å². The molecule has 0 bridgehead atoms. The highest BCUT2D eigenvalue weighted by molar-refractivity contribution is 7.92. The summed E-state index contributed by atoms with van der Waals surface area (Å²) >= 11 is 0. The van der Waals surface area contributed by atoms with Gasteiger partial charge in [-0.3, -0.25) is 9.52 Å². The topological polar surface area (TPSA) is 103 Å². The Morgan fingerprint density at radius 1 is 0.944 bits per heavy atom. The van der Waals surface area contributed by atoms with Crippen molar-refractivity contribution < 1.29 is 31.8 Å². The maximum Gasteiger partial charge on any atom is 0.261 e. The van der Waals surface area contributed by atoms with Crippen LogP contribution in [0.1, 0.15) is 11.1 Å². The minimum atomic E-state index is -3.85. The number of nitrogens with one attached hydrogen (secondary N) is 2. The van der Waals surface area contributed by atoms with Crippen molar-refractivity contribution in [1.29, 1.82) is 0 Å². The Balaban J connectivity index is 1.49. The third-order valence-corrected chi connectivity index (χ3v) is 6.19. The second-order valence-electron chi connectivity index (χ2n) is 7.43. The molecule has 10 heteroatoms. The normalized spacial score (nSPS) is 10.6. The van der Waals surface area contributed by atoms with Crippen LogP contribution in [-0.2, 0) is 26.2 Å². The molecule has 0 aromatic heterocycles. The average Bonchev–Trinajstić information content (AvgIpc) is 2.87. The SMILES string of the molecule is COc1cc(NS(=O)(=O)c2ccc(C#CCNC(=O)COCc3ccc(F)cc3)cc2)cc(OC)c1. The van der Waals surface area contributed by atoms with Gasteiger partial charge in [-0.25, -0.2) is 12.8 Å². The fourth-order valence-electron chi connectivity index (χ4n) is 2.98. The molecule has 0 unspecified atom stereocenters. The van der Waals surface area contributed by atoms with Crippen LogP contribution in [0.15, 0.2) is 71.6 Å². The average molecular weight is 513 g/mol. The molecular formula is C26H25FN2O6S. The highest BCUT2D eigenvalue weighted by Gasteiger charge is 2.15. The largest absolute Gasteiger partial charge is 0.497 e. The number of ether oxygens (including phenoxy) is 3. The monoisotopic (exact) mass is 512 g/mol. The Labute approximate surface area is 209 Å². The van der Waals surface area contributed by atoms with Gasteiger partial charge in [0.1, 0.15) is 23.9 Å². The Morgan fingerprint density at radius 2 is 1.58 bits per heavy atom. The summed E-state index contributed by atoms with van der Waals surface area (Å²) in [5.41, 5.74) is 1.64. The number of hydrogen-bond acceptors (Lipinski definition) is 6. The number of hydrogen-bond donors (Lipinski definition) is 2. The van der Waals surface area contributed by atoms with Gasteiger partial charge in [0, 0.05) is 23.8 Å². The van der Waals surface area contributed by atoms with Crippen LogP contribution in [0.25, 0.3) is 0 Å². The lowest BCUT2D eigenvalue weighted by Gasteiger charge is -2.11. The third-order valence-electron chi connectivity index (χ3n) is 4.79. The molecule has 0 radical (unpaired) electrons. The van der Waals surface area contributed by atoms with Gasteiger partial charge >= 0.3 is 0 Å². The lowest BCUT2D eigenvalue weighted by Crippen LogP contribution is -2.27. The maximum absolute atomic E-state index is 12.9. The van der Waals surface area contributed by atoms with Gasteiger partial charge in [-0.15, -0.1) is 0 Å². The van der Waals surface area contributed by atoms with Crippen molar-refractivity contribution in [3.8, 4) is 23.3 Å². The number of amides is 1. The molecular weight excluding hydrogens is 487 g/mol. The van der Waals surface area contributed by atoms with Gasteiger partial charge in [0.05, 0.1) is 38.0 Å². The fraction of sp³-hybridized carbons (Fsp3) is 0.192. The minimum Gasteiger partial charge on any atom is -0.497 e. The highest BCUT2D eigenvalue weighted by atomic mass is 32.2. The summed E-state index contributed by atoms with van der Waals surface area (Å²) in [7, 11) is -0.898. The zero-order chi connectivity index (χ0) is 26.0. The van der Waals surface area contributed by atoms with Gasteiger partial charge in [0.25, 0.3) is 10.0 Å². The molecule has 3 rings (SSSR count). The summed E-state index contributed by atoms with van der Waals surface area (Å²) in [5.74, 6) is 5.88. The van der Waals surface area contributed by atoms with Crippen molar-refractivity contribution in [2.45, 2.75) is 11.5 Å². The Morgan fingerprint density at radius 3 is 2.19 bits per heavy atom. The Bertz CT molecular complexity index is 1330. The zero-order valence-electron chi connectivity index (χ0n) is 19.7. The van der Waals surface area contributed by atoms with E-state index in [9.17, 15) is 17.6 Å². The second kappa shape index (κ2) is 12.6. The van der Waals surface area contributed by atoms with Crippen LogP contribution < -0.4 is 19.5 Å². The quantitative estimate of drug-likeness (QED) is 0.404. The summed E-state index contributed by atoms with van der Waals surface area (Å²) in [6.07, 6.45) is 0. The van der Waals surface area contributed by atoms with Crippen molar-refractivity contribution >= 4 is 21.6 Å². The number of anilines is 1. The fourth-order valence-corrected chi connectivity index (χ4v) is 4.02. The Kier molecular flexibility index (Phi) is 9.27. The van der Waals surface area contributed by atoms with Gasteiger partial charge < -0.3 is 19.5 Å². The molecule has 2 N–H and O–H groups in total. The Hall–Kier alpha value is -4.07. The maximum atomic E-state index is 12.9. The molecule has 36 heavy (non-hydrogen) atoms. The van der Waals surface area contributed by atoms with Crippen LogP contribution in [0.3, 0.4) is 0 Å². The highest BCUT2D eigenvalue weighted by Crippen LogP contribution is 2.27. The van der Waals surface area contributed by atoms with E-state index in [1.807, 2.05) is 0 Å². The van der Waals surface area contributed by atoms with E-state index in [-0.39, 0.29) is 36.4 Å². The number of benzene rings is 3. The van der Waals surface area contributed by atoms with Gasteiger partial charge in [0.2, 0.25) is 5.91 Å². The number of methoxy groups -OCH3 is 2. The van der Waals surface area contributed by atoms with Crippen LogP contribution in [-0.4, -0.2) is 41.7 Å². The first-order valence-corrected chi connectivity index (χ1v) is 12.2. The molecule has 0 heterocycles. The molecule has 0 saturated heterocycles. The van der Waals surface area contributed by atoms with E-state index in [0.717, 1.165) is 5.56 Å². The van der Waals surface area contributed by atoms with E-state index < -0.39 is 10.0 Å². The van der Waals surface area contributed by atoms with Crippen LogP contribution in [0.2, 0.25) is 0 Å². The molecule has 0 aliphatic rings. The summed E-state index contributed by atoms with van der Waals surface area (Å²) in [5, 5.41) is 2.61. The molecule has 0 atom stereocenters. The smallest absolute Gasteiger partial charge is 0.261 e. The predicted molar refractivity (Wildman–Crippen MR) is 133 cm³/mol. The van der Waals surface area contributed by atoms with Crippen molar-refractivity contribution in [3.63, 3.8) is 0 Å².